The van der Waals surface area contributed by atoms with Crippen LogP contribution in [0.2, 0.25) is 0 Å². The standard InChI is InChI=1S/C15H14F6N2O4/c16-14(17,18)13(27,15(19,20)21)10-3-1-9(2-4-10)7-22-5-6-23(12(25)26)8-11(22)24/h1-4,27H,5-8H2,(H,25,26). The first-order valence-electron chi connectivity index (χ1n) is 7.48. The van der Waals surface area contributed by atoms with Gasteiger partial charge in [-0.25, -0.2) is 4.79 Å². The number of aliphatic hydroxyl groups is 1. The predicted molar refractivity (Wildman–Crippen MR) is 77.5 cm³/mol. The van der Waals surface area contributed by atoms with Gasteiger partial charge in [-0.15, -0.1) is 0 Å². The lowest BCUT2D eigenvalue weighted by molar-refractivity contribution is -0.376. The molecule has 2 amide bonds. The van der Waals surface area contributed by atoms with Crippen molar-refractivity contribution in [1.82, 2.24) is 9.80 Å². The Balaban J connectivity index is 2.18. The van der Waals surface area contributed by atoms with E-state index in [4.69, 9.17) is 5.11 Å². The number of alkyl halides is 6. The van der Waals surface area contributed by atoms with E-state index in [-0.39, 0.29) is 25.2 Å². The van der Waals surface area contributed by atoms with Crippen LogP contribution < -0.4 is 0 Å². The van der Waals surface area contributed by atoms with Crippen LogP contribution in [0.4, 0.5) is 31.1 Å². The minimum absolute atomic E-state index is 0.0288. The van der Waals surface area contributed by atoms with Crippen LogP contribution >= 0.6 is 0 Å². The van der Waals surface area contributed by atoms with Gasteiger partial charge in [-0.3, -0.25) is 9.69 Å². The predicted octanol–water partition coefficient (Wildman–Crippen LogP) is 2.32. The minimum atomic E-state index is -5.98. The topological polar surface area (TPSA) is 81.1 Å². The molecule has 0 radical (unpaired) electrons. The van der Waals surface area contributed by atoms with Crippen molar-refractivity contribution in [2.24, 2.45) is 0 Å². The molecule has 1 saturated heterocycles. The van der Waals surface area contributed by atoms with Gasteiger partial charge in [0.05, 0.1) is 0 Å². The molecule has 1 heterocycles. The van der Waals surface area contributed by atoms with E-state index in [0.29, 0.717) is 12.1 Å². The van der Waals surface area contributed by atoms with E-state index in [0.717, 1.165) is 17.0 Å². The highest BCUT2D eigenvalue weighted by Gasteiger charge is 2.71. The van der Waals surface area contributed by atoms with Crippen LogP contribution in [0.3, 0.4) is 0 Å². The highest BCUT2D eigenvalue weighted by atomic mass is 19.4. The number of carbonyl (C=O) groups is 2. The van der Waals surface area contributed by atoms with Crippen LogP contribution in [0.5, 0.6) is 0 Å². The monoisotopic (exact) mass is 400 g/mol. The van der Waals surface area contributed by atoms with Gasteiger partial charge in [0, 0.05) is 25.2 Å². The average Bonchev–Trinajstić information content (AvgIpc) is 2.54. The van der Waals surface area contributed by atoms with Crippen LogP contribution in [0.25, 0.3) is 0 Å². The molecule has 0 saturated carbocycles. The summed E-state index contributed by atoms with van der Waals surface area (Å²) in [5.74, 6) is -0.546. The van der Waals surface area contributed by atoms with Crippen molar-refractivity contribution in [3.8, 4) is 0 Å². The highest BCUT2D eigenvalue weighted by molar-refractivity contribution is 5.83. The molecule has 1 aliphatic heterocycles. The molecule has 0 aromatic heterocycles. The van der Waals surface area contributed by atoms with Gasteiger partial charge in [0.25, 0.3) is 5.60 Å². The lowest BCUT2D eigenvalue weighted by Gasteiger charge is -2.34. The Morgan fingerprint density at radius 1 is 1.00 bits per heavy atom. The molecule has 1 aliphatic rings. The molecule has 1 aromatic rings. The fourth-order valence-electron chi connectivity index (χ4n) is 2.60. The summed E-state index contributed by atoms with van der Waals surface area (Å²) < 4.78 is 77.0. The molecule has 2 rings (SSSR count). The first kappa shape index (κ1) is 20.8. The van der Waals surface area contributed by atoms with E-state index in [1.165, 1.54) is 4.90 Å². The molecule has 0 atom stereocenters. The van der Waals surface area contributed by atoms with Crippen molar-refractivity contribution < 1.29 is 46.1 Å². The zero-order valence-corrected chi connectivity index (χ0v) is 13.5. The maximum Gasteiger partial charge on any atom is 0.430 e. The van der Waals surface area contributed by atoms with Gasteiger partial charge in [0.15, 0.2) is 0 Å². The Morgan fingerprint density at radius 3 is 1.93 bits per heavy atom. The Hall–Kier alpha value is -2.50. The van der Waals surface area contributed by atoms with Gasteiger partial charge in [-0.05, 0) is 5.56 Å². The summed E-state index contributed by atoms with van der Waals surface area (Å²) in [6.45, 7) is -0.457. The van der Waals surface area contributed by atoms with Gasteiger partial charge in [0.2, 0.25) is 5.91 Å². The number of piperazine rings is 1. The first-order chi connectivity index (χ1) is 12.3. The Kier molecular flexibility index (Phi) is 5.32. The van der Waals surface area contributed by atoms with E-state index in [1.54, 1.807) is 0 Å². The highest BCUT2D eigenvalue weighted by Crippen LogP contribution is 2.49. The lowest BCUT2D eigenvalue weighted by atomic mass is 9.91. The second-order valence-corrected chi connectivity index (χ2v) is 5.92. The van der Waals surface area contributed by atoms with Crippen LogP contribution in [-0.2, 0) is 16.9 Å². The molecule has 6 nitrogen and oxygen atoms in total. The Labute approximate surface area is 148 Å². The largest absolute Gasteiger partial charge is 0.465 e. The summed E-state index contributed by atoms with van der Waals surface area (Å²) in [4.78, 5) is 24.8. The molecule has 0 aliphatic carbocycles. The zero-order chi connectivity index (χ0) is 20.6. The number of benzene rings is 1. The van der Waals surface area contributed by atoms with Crippen LogP contribution in [-0.4, -0.2) is 64.0 Å². The number of rotatable bonds is 3. The third-order valence-corrected chi connectivity index (χ3v) is 4.15. The van der Waals surface area contributed by atoms with Gasteiger partial charge < -0.3 is 15.1 Å². The Bertz CT molecular complexity index is 703. The third-order valence-electron chi connectivity index (χ3n) is 4.15. The molecule has 12 heteroatoms. The molecule has 1 fully saturated rings. The van der Waals surface area contributed by atoms with Crippen molar-refractivity contribution in [2.75, 3.05) is 19.6 Å². The maximum absolute atomic E-state index is 12.8. The number of hydrogen-bond donors (Lipinski definition) is 2. The quantitative estimate of drug-likeness (QED) is 0.764. The van der Waals surface area contributed by atoms with Crippen molar-refractivity contribution in [3.05, 3.63) is 35.4 Å². The molecule has 0 unspecified atom stereocenters. The smallest absolute Gasteiger partial charge is 0.430 e. The molecule has 27 heavy (non-hydrogen) atoms. The number of hydrogen-bond acceptors (Lipinski definition) is 3. The van der Waals surface area contributed by atoms with Crippen LogP contribution in [0.15, 0.2) is 24.3 Å². The van der Waals surface area contributed by atoms with Crippen LogP contribution in [0, 0.1) is 0 Å². The van der Waals surface area contributed by atoms with Crippen molar-refractivity contribution >= 4 is 12.0 Å². The fraction of sp³-hybridized carbons (Fsp3) is 0.467. The molecule has 2 N–H and O–H groups in total. The van der Waals surface area contributed by atoms with Gasteiger partial charge in [-0.1, -0.05) is 24.3 Å². The molecular weight excluding hydrogens is 386 g/mol. The molecular formula is C15H14F6N2O4. The SMILES string of the molecule is O=C(O)N1CCN(Cc2ccc(C(O)(C(F)(F)F)C(F)(F)F)cc2)C(=O)C1. The number of carboxylic acid groups (broad SMARTS) is 1. The lowest BCUT2D eigenvalue weighted by Crippen LogP contribution is -2.53. The zero-order valence-electron chi connectivity index (χ0n) is 13.5. The molecule has 0 bridgehead atoms. The van der Waals surface area contributed by atoms with Crippen LogP contribution in [0.1, 0.15) is 11.1 Å². The first-order valence-corrected chi connectivity index (χ1v) is 7.48. The normalized spacial score (nSPS) is 16.6. The third kappa shape index (κ3) is 3.94. The summed E-state index contributed by atoms with van der Waals surface area (Å²) in [5.41, 5.74) is -6.18. The second-order valence-electron chi connectivity index (χ2n) is 5.92. The van der Waals surface area contributed by atoms with E-state index >= 15 is 0 Å². The number of halogens is 6. The number of carbonyl (C=O) groups excluding carboxylic acids is 1. The summed E-state index contributed by atoms with van der Waals surface area (Å²) in [6, 6.07) is 2.87. The van der Waals surface area contributed by atoms with Gasteiger partial charge in [0.1, 0.15) is 6.54 Å². The summed E-state index contributed by atoms with van der Waals surface area (Å²) in [7, 11) is 0. The Morgan fingerprint density at radius 2 is 1.52 bits per heavy atom. The summed E-state index contributed by atoms with van der Waals surface area (Å²) in [5, 5.41) is 18.1. The van der Waals surface area contributed by atoms with E-state index < -0.39 is 42.1 Å². The second kappa shape index (κ2) is 6.91. The average molecular weight is 400 g/mol. The fourth-order valence-corrected chi connectivity index (χ4v) is 2.60. The van der Waals surface area contributed by atoms with E-state index in [9.17, 15) is 41.0 Å². The van der Waals surface area contributed by atoms with Crippen molar-refractivity contribution in [3.63, 3.8) is 0 Å². The molecule has 150 valence electrons. The van der Waals surface area contributed by atoms with Crippen molar-refractivity contribution in [1.29, 1.82) is 0 Å². The number of nitrogens with zero attached hydrogens (tertiary/aromatic N) is 2. The van der Waals surface area contributed by atoms with Gasteiger partial charge >= 0.3 is 18.4 Å². The number of amides is 2. The minimum Gasteiger partial charge on any atom is -0.465 e. The summed E-state index contributed by atoms with van der Waals surface area (Å²) >= 11 is 0. The van der Waals surface area contributed by atoms with Gasteiger partial charge in [-0.2, -0.15) is 26.3 Å². The van der Waals surface area contributed by atoms with Crippen molar-refractivity contribution in [2.45, 2.75) is 24.5 Å². The molecule has 0 spiro atoms. The van der Waals surface area contributed by atoms with E-state index in [1.807, 2.05) is 0 Å². The molecule has 1 aromatic carbocycles. The maximum atomic E-state index is 12.8. The summed E-state index contributed by atoms with van der Waals surface area (Å²) in [6.07, 6.45) is -13.2. The van der Waals surface area contributed by atoms with E-state index in [2.05, 4.69) is 0 Å².